The lowest BCUT2D eigenvalue weighted by Gasteiger charge is -2.43. The van der Waals surface area contributed by atoms with Crippen molar-refractivity contribution in [2.24, 2.45) is 0 Å². The van der Waals surface area contributed by atoms with E-state index in [0.717, 1.165) is 58.4 Å². The molecule has 0 aromatic heterocycles. The summed E-state index contributed by atoms with van der Waals surface area (Å²) in [6.45, 7) is 10.6. The number of nitrogens with zero attached hydrogens (tertiary/aromatic N) is 4. The van der Waals surface area contributed by atoms with Gasteiger partial charge in [0.2, 0.25) is 5.91 Å². The monoisotopic (exact) mass is 356 g/mol. The zero-order chi connectivity index (χ0) is 17.9. The Kier molecular flexibility index (Phi) is 5.46. The Balaban J connectivity index is 1.20. The Bertz CT molecular complexity index is 597. The lowest BCUT2D eigenvalue weighted by Crippen LogP contribution is -2.56. The van der Waals surface area contributed by atoms with E-state index in [9.17, 15) is 4.79 Å². The van der Waals surface area contributed by atoms with Crippen LogP contribution in [0, 0.1) is 6.92 Å². The van der Waals surface area contributed by atoms with Gasteiger partial charge in [0, 0.05) is 64.1 Å². The van der Waals surface area contributed by atoms with Crippen LogP contribution >= 0.6 is 0 Å². The molecule has 0 atom stereocenters. The van der Waals surface area contributed by atoms with E-state index in [2.05, 4.69) is 50.8 Å². The predicted octanol–water partition coefficient (Wildman–Crippen LogP) is 1.81. The van der Waals surface area contributed by atoms with Crippen LogP contribution in [-0.2, 0) is 4.79 Å². The van der Waals surface area contributed by atoms with Gasteiger partial charge in [-0.2, -0.15) is 0 Å². The van der Waals surface area contributed by atoms with Crippen molar-refractivity contribution in [3.05, 3.63) is 29.8 Å². The highest BCUT2D eigenvalue weighted by Crippen LogP contribution is 2.25. The van der Waals surface area contributed by atoms with Crippen LogP contribution in [0.3, 0.4) is 0 Å². The van der Waals surface area contributed by atoms with Crippen molar-refractivity contribution in [1.82, 2.24) is 14.7 Å². The molecule has 1 saturated carbocycles. The van der Waals surface area contributed by atoms with Gasteiger partial charge in [0.1, 0.15) is 0 Å². The van der Waals surface area contributed by atoms with E-state index in [1.165, 1.54) is 30.5 Å². The number of rotatable bonds is 4. The number of carbonyl (C=O) groups is 1. The van der Waals surface area contributed by atoms with Crippen LogP contribution in [0.25, 0.3) is 0 Å². The normalized spacial score (nSPS) is 23.1. The Morgan fingerprint density at radius 1 is 0.923 bits per heavy atom. The fourth-order valence-electron chi connectivity index (χ4n) is 4.30. The maximum Gasteiger partial charge on any atom is 0.236 e. The fraction of sp³-hybridized carbons (Fsp3) is 0.667. The molecule has 1 aromatic carbocycles. The number of hydrogen-bond donors (Lipinski definition) is 0. The number of hydrogen-bond acceptors (Lipinski definition) is 4. The van der Waals surface area contributed by atoms with Crippen LogP contribution < -0.4 is 4.90 Å². The minimum Gasteiger partial charge on any atom is -0.369 e. The van der Waals surface area contributed by atoms with Crippen molar-refractivity contribution in [3.8, 4) is 0 Å². The standard InChI is InChI=1S/C21H32N4O/c1-18-5-7-20(8-6-18)23-11-9-22(10-12-23)17-21(26)25-15-13-24(14-16-25)19-3-2-4-19/h5-8,19H,2-4,9-17H2,1H3. The molecule has 0 radical (unpaired) electrons. The number of anilines is 1. The van der Waals surface area contributed by atoms with E-state index in [-0.39, 0.29) is 0 Å². The molecule has 5 nitrogen and oxygen atoms in total. The Hall–Kier alpha value is -1.59. The second-order valence-corrected chi connectivity index (χ2v) is 8.10. The van der Waals surface area contributed by atoms with E-state index in [1.807, 2.05) is 0 Å². The summed E-state index contributed by atoms with van der Waals surface area (Å²) in [6, 6.07) is 9.57. The third-order valence-corrected chi connectivity index (χ3v) is 6.39. The summed E-state index contributed by atoms with van der Waals surface area (Å²) in [5, 5.41) is 0. The van der Waals surface area contributed by atoms with Gasteiger partial charge in [-0.1, -0.05) is 24.1 Å². The van der Waals surface area contributed by atoms with Crippen molar-refractivity contribution in [2.75, 3.05) is 63.8 Å². The van der Waals surface area contributed by atoms with E-state index in [0.29, 0.717) is 12.5 Å². The summed E-state index contributed by atoms with van der Waals surface area (Å²) < 4.78 is 0. The van der Waals surface area contributed by atoms with Gasteiger partial charge in [-0.25, -0.2) is 0 Å². The first kappa shape index (κ1) is 17.8. The summed E-state index contributed by atoms with van der Waals surface area (Å²) in [6.07, 6.45) is 4.11. The predicted molar refractivity (Wildman–Crippen MR) is 106 cm³/mol. The van der Waals surface area contributed by atoms with Crippen LogP contribution in [0.4, 0.5) is 5.69 Å². The third-order valence-electron chi connectivity index (χ3n) is 6.39. The average molecular weight is 357 g/mol. The maximum atomic E-state index is 12.7. The fourth-order valence-corrected chi connectivity index (χ4v) is 4.30. The first-order valence-electron chi connectivity index (χ1n) is 10.2. The van der Waals surface area contributed by atoms with Crippen LogP contribution in [0.15, 0.2) is 24.3 Å². The third kappa shape index (κ3) is 4.04. The molecular weight excluding hydrogens is 324 g/mol. The van der Waals surface area contributed by atoms with Crippen molar-refractivity contribution in [2.45, 2.75) is 32.2 Å². The van der Waals surface area contributed by atoms with Crippen LogP contribution in [-0.4, -0.2) is 85.6 Å². The second-order valence-electron chi connectivity index (χ2n) is 8.10. The second kappa shape index (κ2) is 7.97. The molecule has 0 unspecified atom stereocenters. The molecule has 5 heteroatoms. The van der Waals surface area contributed by atoms with Gasteiger partial charge in [-0.05, 0) is 31.9 Å². The van der Waals surface area contributed by atoms with Crippen molar-refractivity contribution >= 4 is 11.6 Å². The topological polar surface area (TPSA) is 30.0 Å². The molecule has 4 rings (SSSR count). The van der Waals surface area contributed by atoms with Crippen molar-refractivity contribution in [1.29, 1.82) is 0 Å². The molecule has 3 fully saturated rings. The molecular formula is C21H32N4O. The van der Waals surface area contributed by atoms with Gasteiger partial charge in [0.05, 0.1) is 6.54 Å². The van der Waals surface area contributed by atoms with Gasteiger partial charge in [0.25, 0.3) is 0 Å². The van der Waals surface area contributed by atoms with E-state index >= 15 is 0 Å². The number of amides is 1. The highest BCUT2D eigenvalue weighted by atomic mass is 16.2. The van der Waals surface area contributed by atoms with Crippen LogP contribution in [0.5, 0.6) is 0 Å². The largest absolute Gasteiger partial charge is 0.369 e. The lowest BCUT2D eigenvalue weighted by molar-refractivity contribution is -0.134. The van der Waals surface area contributed by atoms with Crippen molar-refractivity contribution in [3.63, 3.8) is 0 Å². The molecule has 142 valence electrons. The molecule has 1 aromatic rings. The number of benzene rings is 1. The van der Waals surface area contributed by atoms with Crippen LogP contribution in [0.2, 0.25) is 0 Å². The SMILES string of the molecule is Cc1ccc(N2CCN(CC(=O)N3CCN(C4CCC4)CC3)CC2)cc1. The molecule has 3 aliphatic rings. The molecule has 1 aliphatic carbocycles. The Labute approximate surface area is 157 Å². The van der Waals surface area contributed by atoms with Gasteiger partial charge in [0.15, 0.2) is 0 Å². The summed E-state index contributed by atoms with van der Waals surface area (Å²) in [5.41, 5.74) is 2.60. The van der Waals surface area contributed by atoms with Crippen molar-refractivity contribution < 1.29 is 4.79 Å². The minimum absolute atomic E-state index is 0.321. The van der Waals surface area contributed by atoms with Crippen LogP contribution in [0.1, 0.15) is 24.8 Å². The summed E-state index contributed by atoms with van der Waals surface area (Å²) in [7, 11) is 0. The number of carbonyl (C=O) groups excluding carboxylic acids is 1. The molecule has 26 heavy (non-hydrogen) atoms. The van der Waals surface area contributed by atoms with E-state index < -0.39 is 0 Å². The summed E-state index contributed by atoms with van der Waals surface area (Å²) in [4.78, 5) is 22.1. The van der Waals surface area contributed by atoms with Gasteiger partial charge >= 0.3 is 0 Å². The van der Waals surface area contributed by atoms with Gasteiger partial charge in [-0.3, -0.25) is 14.6 Å². The lowest BCUT2D eigenvalue weighted by atomic mass is 9.91. The summed E-state index contributed by atoms with van der Waals surface area (Å²) >= 11 is 0. The van der Waals surface area contributed by atoms with E-state index in [4.69, 9.17) is 0 Å². The smallest absolute Gasteiger partial charge is 0.236 e. The van der Waals surface area contributed by atoms with Gasteiger partial charge in [-0.15, -0.1) is 0 Å². The maximum absolute atomic E-state index is 12.7. The molecule has 2 heterocycles. The highest BCUT2D eigenvalue weighted by Gasteiger charge is 2.30. The molecule has 0 spiro atoms. The quantitative estimate of drug-likeness (QED) is 0.823. The first-order chi connectivity index (χ1) is 12.7. The number of piperazine rings is 2. The Morgan fingerprint density at radius 2 is 1.58 bits per heavy atom. The molecule has 0 N–H and O–H groups in total. The minimum atomic E-state index is 0.321. The zero-order valence-corrected chi connectivity index (χ0v) is 16.1. The average Bonchev–Trinajstić information content (AvgIpc) is 2.62. The van der Waals surface area contributed by atoms with Gasteiger partial charge < -0.3 is 9.80 Å². The molecule has 0 bridgehead atoms. The molecule has 2 saturated heterocycles. The zero-order valence-electron chi connectivity index (χ0n) is 16.1. The van der Waals surface area contributed by atoms with E-state index in [1.54, 1.807) is 0 Å². The first-order valence-corrected chi connectivity index (χ1v) is 10.2. The Morgan fingerprint density at radius 3 is 2.15 bits per heavy atom. The molecule has 1 amide bonds. The summed E-state index contributed by atoms with van der Waals surface area (Å²) in [5.74, 6) is 0.321. The highest BCUT2D eigenvalue weighted by molar-refractivity contribution is 5.78. The number of aryl methyl sites for hydroxylation is 1. The molecule has 2 aliphatic heterocycles.